The lowest BCUT2D eigenvalue weighted by Gasteiger charge is -2.23. The van der Waals surface area contributed by atoms with E-state index in [1.807, 2.05) is 45.0 Å². The van der Waals surface area contributed by atoms with Crippen molar-refractivity contribution < 1.29 is 13.9 Å². The molecule has 1 aromatic heterocycles. The average molecular weight is 365 g/mol. The van der Waals surface area contributed by atoms with Crippen LogP contribution in [0.1, 0.15) is 32.2 Å². The van der Waals surface area contributed by atoms with E-state index in [1.54, 1.807) is 4.90 Å². The Labute approximate surface area is 137 Å². The second-order valence-electron chi connectivity index (χ2n) is 6.23. The maximum Gasteiger partial charge on any atom is 0.411 e. The first-order valence-corrected chi connectivity index (χ1v) is 7.83. The molecule has 0 saturated carbocycles. The Morgan fingerprint density at radius 1 is 1.27 bits per heavy atom. The first kappa shape index (κ1) is 15.1. The number of amides is 1. The first-order valence-electron chi connectivity index (χ1n) is 7.04. The molecule has 3 rings (SSSR count). The predicted molar refractivity (Wildman–Crippen MR) is 85.1 cm³/mol. The van der Waals surface area contributed by atoms with Gasteiger partial charge in [0.05, 0.1) is 13.1 Å². The number of hydrogen-bond acceptors (Lipinski definition) is 4. The normalized spacial score (nSPS) is 14.1. The molecule has 1 aliphatic heterocycles. The van der Waals surface area contributed by atoms with Crippen LogP contribution in [0, 0.1) is 0 Å². The molecule has 1 aliphatic rings. The van der Waals surface area contributed by atoms with Gasteiger partial charge in [0, 0.05) is 10.0 Å². The zero-order chi connectivity index (χ0) is 15.9. The van der Waals surface area contributed by atoms with E-state index in [-0.39, 0.29) is 6.09 Å². The SMILES string of the molecule is CC(C)(C)OC(=O)N1Cc2nc(-c3ccc(Br)cc3)oc2C1. The molecule has 0 aliphatic carbocycles. The van der Waals surface area contributed by atoms with Crippen molar-refractivity contribution in [2.45, 2.75) is 39.5 Å². The van der Waals surface area contributed by atoms with Crippen LogP contribution in [0.3, 0.4) is 0 Å². The van der Waals surface area contributed by atoms with Crippen molar-refractivity contribution in [3.8, 4) is 11.5 Å². The summed E-state index contributed by atoms with van der Waals surface area (Å²) < 4.78 is 12.2. The van der Waals surface area contributed by atoms with Crippen molar-refractivity contribution in [3.05, 3.63) is 40.2 Å². The van der Waals surface area contributed by atoms with E-state index < -0.39 is 5.60 Å². The third-order valence-corrected chi connectivity index (χ3v) is 3.72. The van der Waals surface area contributed by atoms with Gasteiger partial charge in [-0.25, -0.2) is 9.78 Å². The molecule has 0 radical (unpaired) electrons. The van der Waals surface area contributed by atoms with E-state index >= 15 is 0 Å². The van der Waals surface area contributed by atoms with Crippen molar-refractivity contribution in [3.63, 3.8) is 0 Å². The van der Waals surface area contributed by atoms with Crippen LogP contribution >= 0.6 is 15.9 Å². The van der Waals surface area contributed by atoms with Crippen molar-refractivity contribution >= 4 is 22.0 Å². The van der Waals surface area contributed by atoms with Crippen molar-refractivity contribution in [2.75, 3.05) is 0 Å². The number of carbonyl (C=O) groups excluding carboxylic acids is 1. The van der Waals surface area contributed by atoms with Gasteiger partial charge >= 0.3 is 6.09 Å². The van der Waals surface area contributed by atoms with Gasteiger partial charge in [-0.15, -0.1) is 0 Å². The number of halogens is 1. The summed E-state index contributed by atoms with van der Waals surface area (Å²) in [5.74, 6) is 1.31. The number of oxazole rings is 1. The predicted octanol–water partition coefficient (Wildman–Crippen LogP) is 4.35. The molecule has 1 amide bonds. The molecule has 2 aromatic rings. The van der Waals surface area contributed by atoms with Gasteiger partial charge in [-0.3, -0.25) is 4.90 Å². The molecule has 116 valence electrons. The van der Waals surface area contributed by atoms with Crippen LogP contribution in [-0.4, -0.2) is 21.6 Å². The summed E-state index contributed by atoms with van der Waals surface area (Å²) in [4.78, 5) is 18.1. The van der Waals surface area contributed by atoms with Gasteiger partial charge in [0.25, 0.3) is 0 Å². The van der Waals surface area contributed by atoms with Crippen LogP contribution in [0.15, 0.2) is 33.2 Å². The Hall–Kier alpha value is -1.82. The lowest BCUT2D eigenvalue weighted by atomic mass is 10.2. The minimum absolute atomic E-state index is 0.342. The average Bonchev–Trinajstić information content (AvgIpc) is 2.95. The highest BCUT2D eigenvalue weighted by Gasteiger charge is 2.31. The molecule has 0 fully saturated rings. The van der Waals surface area contributed by atoms with Gasteiger partial charge in [0.15, 0.2) is 0 Å². The lowest BCUT2D eigenvalue weighted by molar-refractivity contribution is 0.0232. The van der Waals surface area contributed by atoms with E-state index in [0.29, 0.717) is 19.0 Å². The summed E-state index contributed by atoms with van der Waals surface area (Å²) in [5, 5.41) is 0. The second kappa shape index (κ2) is 5.43. The highest BCUT2D eigenvalue weighted by Crippen LogP contribution is 2.30. The summed E-state index contributed by atoms with van der Waals surface area (Å²) in [6.07, 6.45) is -0.342. The van der Waals surface area contributed by atoms with Gasteiger partial charge in [0.2, 0.25) is 5.89 Å². The summed E-state index contributed by atoms with van der Waals surface area (Å²) in [6, 6.07) is 7.77. The summed E-state index contributed by atoms with van der Waals surface area (Å²) in [7, 11) is 0. The Morgan fingerprint density at radius 3 is 2.55 bits per heavy atom. The van der Waals surface area contributed by atoms with E-state index in [9.17, 15) is 4.79 Å². The summed E-state index contributed by atoms with van der Waals surface area (Å²) in [5.41, 5.74) is 1.21. The van der Waals surface area contributed by atoms with Gasteiger partial charge in [-0.2, -0.15) is 0 Å². The number of hydrogen-bond donors (Lipinski definition) is 0. The molecule has 1 aromatic carbocycles. The maximum absolute atomic E-state index is 12.0. The van der Waals surface area contributed by atoms with Crippen molar-refractivity contribution in [1.82, 2.24) is 9.88 Å². The topological polar surface area (TPSA) is 55.6 Å². The Kier molecular flexibility index (Phi) is 3.72. The molecule has 6 heteroatoms. The molecule has 0 N–H and O–H groups in total. The molecule has 2 heterocycles. The largest absolute Gasteiger partial charge is 0.444 e. The number of aromatic nitrogens is 1. The number of benzene rings is 1. The third kappa shape index (κ3) is 3.16. The molecule has 0 unspecified atom stereocenters. The van der Waals surface area contributed by atoms with Crippen LogP contribution in [0.5, 0.6) is 0 Å². The van der Waals surface area contributed by atoms with E-state index in [0.717, 1.165) is 21.5 Å². The Balaban J connectivity index is 1.73. The fraction of sp³-hybridized carbons (Fsp3) is 0.375. The highest BCUT2D eigenvalue weighted by atomic mass is 79.9. The van der Waals surface area contributed by atoms with E-state index in [1.165, 1.54) is 0 Å². The number of fused-ring (bicyclic) bond motifs is 1. The molecule has 5 nitrogen and oxygen atoms in total. The van der Waals surface area contributed by atoms with Gasteiger partial charge in [-0.1, -0.05) is 15.9 Å². The first-order chi connectivity index (χ1) is 10.3. The Bertz CT molecular complexity index is 678. The van der Waals surface area contributed by atoms with Crippen molar-refractivity contribution in [1.29, 1.82) is 0 Å². The second-order valence-corrected chi connectivity index (χ2v) is 7.15. The van der Waals surface area contributed by atoms with E-state index in [2.05, 4.69) is 20.9 Å². The van der Waals surface area contributed by atoms with Crippen LogP contribution < -0.4 is 0 Å². The Morgan fingerprint density at radius 2 is 1.95 bits per heavy atom. The fourth-order valence-electron chi connectivity index (χ4n) is 2.21. The summed E-state index contributed by atoms with van der Waals surface area (Å²) >= 11 is 3.40. The smallest absolute Gasteiger partial charge is 0.411 e. The standard InChI is InChI=1S/C16H17BrN2O3/c1-16(2,3)22-15(20)19-8-12-13(9-19)21-14(18-12)10-4-6-11(17)7-5-10/h4-7H,8-9H2,1-3H3. The highest BCUT2D eigenvalue weighted by molar-refractivity contribution is 9.10. The third-order valence-electron chi connectivity index (χ3n) is 3.20. The molecule has 0 spiro atoms. The van der Waals surface area contributed by atoms with Crippen LogP contribution in [0.2, 0.25) is 0 Å². The molecule has 0 bridgehead atoms. The van der Waals surface area contributed by atoms with Gasteiger partial charge < -0.3 is 9.15 Å². The quantitative estimate of drug-likeness (QED) is 0.754. The van der Waals surface area contributed by atoms with E-state index in [4.69, 9.17) is 9.15 Å². The van der Waals surface area contributed by atoms with Gasteiger partial charge in [0.1, 0.15) is 17.1 Å². The number of rotatable bonds is 1. The number of ether oxygens (including phenoxy) is 1. The van der Waals surface area contributed by atoms with Crippen LogP contribution in [0.4, 0.5) is 4.79 Å². The number of carbonyl (C=O) groups is 1. The van der Waals surface area contributed by atoms with Crippen LogP contribution in [0.25, 0.3) is 11.5 Å². The van der Waals surface area contributed by atoms with Crippen molar-refractivity contribution in [2.24, 2.45) is 0 Å². The zero-order valence-corrected chi connectivity index (χ0v) is 14.3. The molecule has 0 atom stereocenters. The zero-order valence-electron chi connectivity index (χ0n) is 12.7. The lowest BCUT2D eigenvalue weighted by Crippen LogP contribution is -2.33. The summed E-state index contributed by atoms with van der Waals surface area (Å²) in [6.45, 7) is 6.37. The monoisotopic (exact) mass is 364 g/mol. The number of nitrogens with zero attached hydrogens (tertiary/aromatic N) is 2. The van der Waals surface area contributed by atoms with Gasteiger partial charge in [-0.05, 0) is 45.0 Å². The minimum atomic E-state index is -0.503. The molecule has 22 heavy (non-hydrogen) atoms. The molecular weight excluding hydrogens is 348 g/mol. The molecular formula is C16H17BrN2O3. The maximum atomic E-state index is 12.0. The molecule has 0 saturated heterocycles. The fourth-order valence-corrected chi connectivity index (χ4v) is 2.48. The van der Waals surface area contributed by atoms with Crippen LogP contribution in [-0.2, 0) is 17.8 Å². The minimum Gasteiger partial charge on any atom is -0.444 e.